The van der Waals surface area contributed by atoms with Gasteiger partial charge in [0.05, 0.1) is 11.1 Å². The van der Waals surface area contributed by atoms with E-state index in [-0.39, 0.29) is 31.2 Å². The summed E-state index contributed by atoms with van der Waals surface area (Å²) in [6, 6.07) is 13.2. The second-order valence-electron chi connectivity index (χ2n) is 10.7. The van der Waals surface area contributed by atoms with Gasteiger partial charge in [-0.3, -0.25) is 9.59 Å². The number of fused-ring (bicyclic) bond motifs is 1. The van der Waals surface area contributed by atoms with Crippen LogP contribution in [0.1, 0.15) is 85.7 Å². The molecule has 2 aromatic carbocycles. The third kappa shape index (κ3) is 8.19. The van der Waals surface area contributed by atoms with Crippen LogP contribution in [-0.4, -0.2) is 42.9 Å². The van der Waals surface area contributed by atoms with Crippen LogP contribution in [0.4, 0.5) is 10.2 Å². The zero-order valence-corrected chi connectivity index (χ0v) is 26.1. The highest BCUT2D eigenvalue weighted by atomic mass is 79.9. The summed E-state index contributed by atoms with van der Waals surface area (Å²) in [5, 5.41) is 4.44. The number of rotatable bonds is 11. The zero-order chi connectivity index (χ0) is 29.4. The van der Waals surface area contributed by atoms with E-state index in [1.165, 1.54) is 12.8 Å². The number of amides is 1. The molecule has 0 radical (unpaired) electrons. The summed E-state index contributed by atoms with van der Waals surface area (Å²) in [5.74, 6) is -0.229. The SMILES string of the molecule is CCCC(F)OC(=O)CCC(CNC(=O)c1c(C)c(N2CCCCCC2)nc2ccc(Br)cc12)c1ccccc1Cl. The molecule has 1 amide bonds. The second-order valence-corrected chi connectivity index (χ2v) is 12.0. The zero-order valence-electron chi connectivity index (χ0n) is 23.7. The Bertz CT molecular complexity index is 1360. The molecule has 2 heterocycles. The molecule has 3 aromatic rings. The lowest BCUT2D eigenvalue weighted by Crippen LogP contribution is -2.31. The van der Waals surface area contributed by atoms with Gasteiger partial charge in [-0.05, 0) is 62.4 Å². The number of esters is 1. The Morgan fingerprint density at radius 2 is 1.85 bits per heavy atom. The van der Waals surface area contributed by atoms with Gasteiger partial charge in [0, 0.05) is 58.8 Å². The number of hydrogen-bond acceptors (Lipinski definition) is 5. The molecule has 1 aromatic heterocycles. The standard InChI is InChI=1S/C32H38BrClFN3O3/c1-3-10-28(35)41-29(39)16-13-22(24-11-6-7-12-26(24)34)20-36-32(40)30-21(2)31(38-17-8-4-5-9-18-38)37-27-15-14-23(33)19-25(27)30/h6-7,11-12,14-15,19,22,28H,3-5,8-10,13,16-18,20H2,1-2H3,(H,36,40). The van der Waals surface area contributed by atoms with Crippen molar-refractivity contribution in [1.29, 1.82) is 0 Å². The predicted octanol–water partition coefficient (Wildman–Crippen LogP) is 8.27. The Balaban J connectivity index is 1.60. The fraction of sp³-hybridized carbons (Fsp3) is 0.469. The van der Waals surface area contributed by atoms with E-state index in [0.717, 1.165) is 58.3 Å². The third-order valence-electron chi connectivity index (χ3n) is 7.62. The molecule has 0 aliphatic carbocycles. The summed E-state index contributed by atoms with van der Waals surface area (Å²) in [4.78, 5) is 33.6. The lowest BCUT2D eigenvalue weighted by Gasteiger charge is -2.26. The van der Waals surface area contributed by atoms with Crippen molar-refractivity contribution in [1.82, 2.24) is 10.3 Å². The van der Waals surface area contributed by atoms with Crippen LogP contribution in [0.3, 0.4) is 0 Å². The van der Waals surface area contributed by atoms with Gasteiger partial charge in [-0.15, -0.1) is 0 Å². The summed E-state index contributed by atoms with van der Waals surface area (Å²) < 4.78 is 19.6. The number of nitrogens with zero attached hydrogens (tertiary/aromatic N) is 2. The summed E-state index contributed by atoms with van der Waals surface area (Å²) in [6.45, 7) is 5.88. The van der Waals surface area contributed by atoms with E-state index in [9.17, 15) is 14.0 Å². The largest absolute Gasteiger partial charge is 0.431 e. The maximum Gasteiger partial charge on any atom is 0.308 e. The molecular weight excluding hydrogens is 609 g/mol. The smallest absolute Gasteiger partial charge is 0.308 e. The number of benzene rings is 2. The van der Waals surface area contributed by atoms with Gasteiger partial charge in [-0.1, -0.05) is 65.5 Å². The Labute approximate surface area is 255 Å². The lowest BCUT2D eigenvalue weighted by molar-refractivity contribution is -0.158. The molecular formula is C32H38BrClFN3O3. The molecule has 0 spiro atoms. The number of carbonyl (C=O) groups excluding carboxylic acids is 2. The number of alkyl halides is 1. The number of nitrogens with one attached hydrogen (secondary N) is 1. The summed E-state index contributed by atoms with van der Waals surface area (Å²) in [5.41, 5.74) is 3.02. The van der Waals surface area contributed by atoms with Crippen molar-refractivity contribution in [3.63, 3.8) is 0 Å². The molecule has 2 atom stereocenters. The highest BCUT2D eigenvalue weighted by Crippen LogP contribution is 2.32. The molecule has 0 bridgehead atoms. The van der Waals surface area contributed by atoms with Gasteiger partial charge < -0.3 is 15.0 Å². The number of aromatic nitrogens is 1. The first kappa shape index (κ1) is 31.2. The number of anilines is 1. The molecule has 2 unspecified atom stereocenters. The van der Waals surface area contributed by atoms with E-state index >= 15 is 0 Å². The van der Waals surface area contributed by atoms with Crippen molar-refractivity contribution in [2.24, 2.45) is 0 Å². The van der Waals surface area contributed by atoms with E-state index in [1.54, 1.807) is 6.07 Å². The quantitative estimate of drug-likeness (QED) is 0.212. The number of carbonyl (C=O) groups is 2. The van der Waals surface area contributed by atoms with Crippen molar-refractivity contribution in [2.75, 3.05) is 24.5 Å². The van der Waals surface area contributed by atoms with Gasteiger partial charge >= 0.3 is 5.97 Å². The van der Waals surface area contributed by atoms with E-state index < -0.39 is 12.3 Å². The number of hydrogen-bond donors (Lipinski definition) is 1. The van der Waals surface area contributed by atoms with Gasteiger partial charge in [0.2, 0.25) is 6.36 Å². The Morgan fingerprint density at radius 1 is 1.12 bits per heavy atom. The average Bonchev–Trinajstić information content (AvgIpc) is 3.23. The van der Waals surface area contributed by atoms with Gasteiger partial charge in [-0.2, -0.15) is 0 Å². The minimum Gasteiger partial charge on any atom is -0.431 e. The number of ether oxygens (including phenoxy) is 1. The molecule has 1 saturated heterocycles. The molecule has 6 nitrogen and oxygen atoms in total. The van der Waals surface area contributed by atoms with Crippen LogP contribution in [0.2, 0.25) is 5.02 Å². The van der Waals surface area contributed by atoms with Crippen LogP contribution in [0.25, 0.3) is 10.9 Å². The van der Waals surface area contributed by atoms with Crippen LogP contribution in [0, 0.1) is 6.92 Å². The summed E-state index contributed by atoms with van der Waals surface area (Å²) in [7, 11) is 0. The van der Waals surface area contributed by atoms with Crippen LogP contribution in [0.5, 0.6) is 0 Å². The average molecular weight is 647 g/mol. The van der Waals surface area contributed by atoms with Crippen LogP contribution < -0.4 is 10.2 Å². The van der Waals surface area contributed by atoms with Gasteiger partial charge in [0.25, 0.3) is 5.91 Å². The van der Waals surface area contributed by atoms with Gasteiger partial charge in [0.15, 0.2) is 0 Å². The molecule has 1 aliphatic rings. The predicted molar refractivity (Wildman–Crippen MR) is 167 cm³/mol. The highest BCUT2D eigenvalue weighted by molar-refractivity contribution is 9.10. The van der Waals surface area contributed by atoms with Crippen LogP contribution in [0.15, 0.2) is 46.9 Å². The highest BCUT2D eigenvalue weighted by Gasteiger charge is 2.24. The van der Waals surface area contributed by atoms with Crippen molar-refractivity contribution in [2.45, 2.75) is 77.5 Å². The third-order valence-corrected chi connectivity index (χ3v) is 8.46. The summed E-state index contributed by atoms with van der Waals surface area (Å²) >= 11 is 10.1. The molecule has 1 aliphatic heterocycles. The maximum absolute atomic E-state index is 13.9. The number of halogens is 3. The molecule has 41 heavy (non-hydrogen) atoms. The molecule has 1 fully saturated rings. The first-order chi connectivity index (χ1) is 19.8. The van der Waals surface area contributed by atoms with E-state index in [4.69, 9.17) is 21.3 Å². The minimum absolute atomic E-state index is 0.0131. The fourth-order valence-corrected chi connectivity index (χ4v) is 6.11. The van der Waals surface area contributed by atoms with Crippen molar-refractivity contribution in [3.05, 3.63) is 68.7 Å². The fourth-order valence-electron chi connectivity index (χ4n) is 5.46. The van der Waals surface area contributed by atoms with Crippen molar-refractivity contribution < 1.29 is 18.7 Å². The van der Waals surface area contributed by atoms with Crippen molar-refractivity contribution >= 4 is 56.1 Å². The van der Waals surface area contributed by atoms with E-state index in [0.29, 0.717) is 23.4 Å². The molecule has 4 rings (SSSR count). The molecule has 220 valence electrons. The monoisotopic (exact) mass is 645 g/mol. The maximum atomic E-state index is 13.9. The topological polar surface area (TPSA) is 71.5 Å². The van der Waals surface area contributed by atoms with Gasteiger partial charge in [-0.25, -0.2) is 9.37 Å². The van der Waals surface area contributed by atoms with E-state index in [2.05, 4.69) is 26.1 Å². The molecule has 0 saturated carbocycles. The lowest BCUT2D eigenvalue weighted by atomic mass is 9.93. The van der Waals surface area contributed by atoms with E-state index in [1.807, 2.05) is 50.2 Å². The first-order valence-electron chi connectivity index (χ1n) is 14.5. The summed E-state index contributed by atoms with van der Waals surface area (Å²) in [6.07, 6.45) is 4.12. The normalized spacial score (nSPS) is 15.3. The molecule has 1 N–H and O–H groups in total. The minimum atomic E-state index is -1.60. The van der Waals surface area contributed by atoms with Gasteiger partial charge in [0.1, 0.15) is 5.82 Å². The number of pyridine rings is 1. The Hall–Kier alpha value is -2.71. The Morgan fingerprint density at radius 3 is 2.56 bits per heavy atom. The Kier molecular flexibility index (Phi) is 11.4. The van der Waals surface area contributed by atoms with Crippen LogP contribution >= 0.6 is 27.5 Å². The second kappa shape index (κ2) is 15.0. The first-order valence-corrected chi connectivity index (χ1v) is 15.7. The van der Waals surface area contributed by atoms with Crippen LogP contribution in [-0.2, 0) is 9.53 Å². The molecule has 9 heteroatoms. The van der Waals surface area contributed by atoms with Crippen molar-refractivity contribution in [3.8, 4) is 0 Å².